The van der Waals surface area contributed by atoms with E-state index in [4.69, 9.17) is 16.3 Å². The number of nitro groups is 1. The predicted molar refractivity (Wildman–Crippen MR) is 174 cm³/mol. The molecule has 228 valence electrons. The highest BCUT2D eigenvalue weighted by Gasteiger charge is 2.70. The third kappa shape index (κ3) is 4.59. The van der Waals surface area contributed by atoms with Crippen molar-refractivity contribution in [3.8, 4) is 5.75 Å². The molecule has 3 fully saturated rings. The lowest BCUT2D eigenvalue weighted by atomic mass is 9.68. The van der Waals surface area contributed by atoms with Crippen LogP contribution in [-0.2, 0) is 16.2 Å². The van der Waals surface area contributed by atoms with Crippen molar-refractivity contribution >= 4 is 73.8 Å². The number of rotatable bonds is 6. The molecule has 2 aliphatic carbocycles. The summed E-state index contributed by atoms with van der Waals surface area (Å²) in [6, 6.07) is 19.0. The monoisotopic (exact) mass is 723 g/mol. The van der Waals surface area contributed by atoms with E-state index in [0.29, 0.717) is 33.5 Å². The van der Waals surface area contributed by atoms with E-state index in [0.717, 1.165) is 26.3 Å². The number of nitrogens with zero attached hydrogens (tertiary/aromatic N) is 2. The molecule has 1 saturated heterocycles. The van der Waals surface area contributed by atoms with Crippen molar-refractivity contribution in [2.24, 2.45) is 29.6 Å². The van der Waals surface area contributed by atoms with Crippen LogP contribution in [0.5, 0.6) is 5.75 Å². The number of aromatic amines is 1. The van der Waals surface area contributed by atoms with Crippen molar-refractivity contribution in [3.63, 3.8) is 0 Å². The van der Waals surface area contributed by atoms with Gasteiger partial charge in [0.25, 0.3) is 5.69 Å². The summed E-state index contributed by atoms with van der Waals surface area (Å²) in [5, 5.41) is 13.2. The van der Waals surface area contributed by atoms with E-state index in [1.54, 1.807) is 42.1 Å². The second-order valence-corrected chi connectivity index (χ2v) is 15.4. The van der Waals surface area contributed by atoms with Crippen LogP contribution < -0.4 is 14.5 Å². The highest BCUT2D eigenvalue weighted by Crippen LogP contribution is 2.69. The molecule has 4 aliphatic rings. The Kier molecular flexibility index (Phi) is 6.97. The molecule has 2 saturated carbocycles. The number of amides is 2. The van der Waals surface area contributed by atoms with Crippen LogP contribution in [0.3, 0.4) is 0 Å². The molecule has 3 aromatic carbocycles. The second kappa shape index (κ2) is 10.8. The Labute approximate surface area is 278 Å². The first-order valence-corrected chi connectivity index (χ1v) is 17.2. The Morgan fingerprint density at radius 2 is 1.78 bits per heavy atom. The van der Waals surface area contributed by atoms with E-state index in [1.165, 1.54) is 17.0 Å². The van der Waals surface area contributed by atoms with Crippen molar-refractivity contribution in [2.45, 2.75) is 29.2 Å². The number of carbonyl (C=O) groups excluding carboxylic acids is 2. The molecule has 9 nitrogen and oxygen atoms in total. The second-order valence-electron chi connectivity index (χ2n) is 11.8. The highest BCUT2D eigenvalue weighted by atomic mass is 79.9. The van der Waals surface area contributed by atoms with Gasteiger partial charge in [-0.1, -0.05) is 51.0 Å². The summed E-state index contributed by atoms with van der Waals surface area (Å²) in [7, 11) is 0. The SMILES string of the molecule is O=C1[C@H]2[C@H]3C[C@@H]([C@@H]2C(=O)N1c1ccc(Br)cc1)[C@H]1[C@H](c2cc([N+](=O)[O-])ccc2OCc2cccc(Cl)c2)c2sc(=O)[nH]c2S[C@H]31. The van der Waals surface area contributed by atoms with E-state index < -0.39 is 22.7 Å². The molecule has 45 heavy (non-hydrogen) atoms. The molecular weight excluding hydrogens is 702 g/mol. The first-order chi connectivity index (χ1) is 21.7. The predicted octanol–water partition coefficient (Wildman–Crippen LogP) is 7.02. The summed E-state index contributed by atoms with van der Waals surface area (Å²) in [5.74, 6) is -1.67. The molecule has 3 heterocycles. The number of thioether (sulfide) groups is 1. The molecular formula is C32H23BrClN3O6S2. The van der Waals surface area contributed by atoms with Gasteiger partial charge in [0.1, 0.15) is 12.4 Å². The smallest absolute Gasteiger partial charge is 0.305 e. The number of hydrogen-bond donors (Lipinski definition) is 1. The van der Waals surface area contributed by atoms with Gasteiger partial charge in [-0.2, -0.15) is 0 Å². The molecule has 13 heteroatoms. The lowest BCUT2D eigenvalue weighted by Crippen LogP contribution is -2.42. The van der Waals surface area contributed by atoms with Crippen LogP contribution in [0.1, 0.15) is 28.3 Å². The molecule has 0 spiro atoms. The van der Waals surface area contributed by atoms with Crippen molar-refractivity contribution in [3.05, 3.63) is 112 Å². The normalized spacial score (nSPS) is 27.8. The number of halogens is 2. The van der Waals surface area contributed by atoms with Gasteiger partial charge in [-0.3, -0.25) is 29.4 Å². The Balaban J connectivity index is 1.22. The van der Waals surface area contributed by atoms with Crippen LogP contribution in [0.25, 0.3) is 0 Å². The van der Waals surface area contributed by atoms with E-state index in [-0.39, 0.29) is 52.0 Å². The number of nitro benzene ring substituents is 1. The number of imide groups is 1. The zero-order chi connectivity index (χ0) is 31.1. The van der Waals surface area contributed by atoms with Gasteiger partial charge >= 0.3 is 4.87 Å². The van der Waals surface area contributed by atoms with E-state index in [9.17, 15) is 24.5 Å². The number of ether oxygens (including phenoxy) is 1. The van der Waals surface area contributed by atoms with Crippen molar-refractivity contribution in [1.29, 1.82) is 0 Å². The maximum atomic E-state index is 14.0. The topological polar surface area (TPSA) is 123 Å². The van der Waals surface area contributed by atoms with Crippen LogP contribution in [0, 0.1) is 39.7 Å². The number of non-ortho nitro benzene ring substituents is 1. The van der Waals surface area contributed by atoms with Crippen LogP contribution in [0.4, 0.5) is 11.4 Å². The molecule has 4 aromatic rings. The Morgan fingerprint density at radius 1 is 1.02 bits per heavy atom. The van der Waals surface area contributed by atoms with Crippen molar-refractivity contribution in [2.75, 3.05) is 4.90 Å². The summed E-state index contributed by atoms with van der Waals surface area (Å²) in [5.41, 5.74) is 1.90. The first kappa shape index (κ1) is 29.0. The van der Waals surface area contributed by atoms with Crippen LogP contribution in [0.15, 0.2) is 81.0 Å². The van der Waals surface area contributed by atoms with Crippen LogP contribution >= 0.6 is 50.6 Å². The van der Waals surface area contributed by atoms with E-state index >= 15 is 0 Å². The number of fused-ring (bicyclic) bond motifs is 9. The summed E-state index contributed by atoms with van der Waals surface area (Å²) >= 11 is 12.3. The summed E-state index contributed by atoms with van der Waals surface area (Å²) in [6.07, 6.45) is 0.701. The molecule has 1 aromatic heterocycles. The first-order valence-electron chi connectivity index (χ1n) is 14.4. The molecule has 0 unspecified atom stereocenters. The fourth-order valence-electron chi connectivity index (χ4n) is 8.02. The number of hydrogen-bond acceptors (Lipinski definition) is 8. The third-order valence-corrected chi connectivity index (χ3v) is 13.0. The molecule has 8 rings (SSSR count). The zero-order valence-electron chi connectivity index (χ0n) is 23.2. The number of benzene rings is 3. The van der Waals surface area contributed by atoms with E-state index in [2.05, 4.69) is 20.9 Å². The quantitative estimate of drug-likeness (QED) is 0.129. The van der Waals surface area contributed by atoms with Crippen molar-refractivity contribution < 1.29 is 19.2 Å². The Morgan fingerprint density at radius 3 is 2.51 bits per heavy atom. The van der Waals surface area contributed by atoms with Gasteiger partial charge in [-0.05, 0) is 72.2 Å². The maximum absolute atomic E-state index is 14.0. The minimum absolute atomic E-state index is 0.0688. The molecule has 0 radical (unpaired) electrons. The largest absolute Gasteiger partial charge is 0.489 e. The minimum Gasteiger partial charge on any atom is -0.489 e. The van der Waals surface area contributed by atoms with Gasteiger partial charge in [0.05, 0.1) is 27.5 Å². The van der Waals surface area contributed by atoms with Crippen LogP contribution in [-0.4, -0.2) is 27.0 Å². The molecule has 2 amide bonds. The molecule has 1 N–H and O–H groups in total. The fourth-order valence-corrected chi connectivity index (χ4v) is 11.4. The van der Waals surface area contributed by atoms with Gasteiger partial charge in [0.2, 0.25) is 11.8 Å². The highest BCUT2D eigenvalue weighted by molar-refractivity contribution is 9.10. The third-order valence-electron chi connectivity index (χ3n) is 9.63. The summed E-state index contributed by atoms with van der Waals surface area (Å²) < 4.78 is 7.17. The number of nitrogens with one attached hydrogen (secondary N) is 1. The van der Waals surface area contributed by atoms with Gasteiger partial charge in [0, 0.05) is 43.2 Å². The molecule has 2 aliphatic heterocycles. The lowest BCUT2D eigenvalue weighted by molar-refractivity contribution is -0.385. The minimum atomic E-state index is -0.498. The number of carbonyl (C=O) groups is 2. The average molecular weight is 725 g/mol. The number of aromatic nitrogens is 1. The number of H-pyrrole nitrogens is 1. The van der Waals surface area contributed by atoms with Crippen LogP contribution in [0.2, 0.25) is 5.02 Å². The number of anilines is 1. The summed E-state index contributed by atoms with van der Waals surface area (Å²) in [4.78, 5) is 57.1. The Hall–Kier alpha value is -3.45. The standard InChI is InChI=1S/C32H23BrClN3O6S2/c33-15-4-6-17(7-5-15)36-30(38)25-20-12-21(26(25)31(36)39)27-24(20)23(28-29(44-27)35-32(40)45-28)19-11-18(37(41)42)8-9-22(19)43-13-14-2-1-3-16(34)10-14/h1-11,20-21,23-27H,12-13H2,(H,35,40)/t20-,21-,23+,24+,25+,26+,27-/m1/s1. The lowest BCUT2D eigenvalue weighted by Gasteiger charge is -2.43. The average Bonchev–Trinajstić information content (AvgIpc) is 3.75. The zero-order valence-corrected chi connectivity index (χ0v) is 27.2. The molecule has 2 bridgehead atoms. The summed E-state index contributed by atoms with van der Waals surface area (Å²) in [6.45, 7) is 0.184. The van der Waals surface area contributed by atoms with Gasteiger partial charge in [-0.25, -0.2) is 0 Å². The van der Waals surface area contributed by atoms with Crippen molar-refractivity contribution in [1.82, 2.24) is 4.98 Å². The Bertz CT molecular complexity index is 1960. The van der Waals surface area contributed by atoms with E-state index in [1.807, 2.05) is 24.3 Å². The molecule has 7 atom stereocenters. The maximum Gasteiger partial charge on any atom is 0.305 e. The van der Waals surface area contributed by atoms with Gasteiger partial charge in [-0.15, -0.1) is 11.8 Å². The van der Waals surface area contributed by atoms with Gasteiger partial charge < -0.3 is 9.72 Å². The fraction of sp³-hybridized carbons (Fsp3) is 0.281. The van der Waals surface area contributed by atoms with Gasteiger partial charge in [0.15, 0.2) is 0 Å². The number of thiazole rings is 1.